The van der Waals surface area contributed by atoms with Crippen LogP contribution in [0.2, 0.25) is 0 Å². The first kappa shape index (κ1) is 21.9. The third-order valence-corrected chi connectivity index (χ3v) is 5.36. The highest BCUT2D eigenvalue weighted by atomic mass is 127. The van der Waals surface area contributed by atoms with Gasteiger partial charge >= 0.3 is 0 Å². The molecule has 0 amide bonds. The number of piperidine rings is 1. The van der Waals surface area contributed by atoms with Gasteiger partial charge in [-0.05, 0) is 40.2 Å². The number of aromatic nitrogens is 2. The van der Waals surface area contributed by atoms with Crippen molar-refractivity contribution in [1.82, 2.24) is 19.6 Å². The topological polar surface area (TPSA) is 54.2 Å². The molecule has 1 aliphatic heterocycles. The summed E-state index contributed by atoms with van der Waals surface area (Å²) in [5.41, 5.74) is 1.93. The highest BCUT2D eigenvalue weighted by Crippen LogP contribution is 2.19. The molecule has 0 saturated carbocycles. The van der Waals surface area contributed by atoms with Crippen LogP contribution in [0, 0.1) is 0 Å². The molecule has 0 radical (unpaired) electrons. The first-order valence-corrected chi connectivity index (χ1v) is 10.3. The molecule has 3 heterocycles. The molecule has 3 aromatic rings. The van der Waals surface area contributed by atoms with Crippen LogP contribution in [0.5, 0.6) is 5.75 Å². The van der Waals surface area contributed by atoms with Gasteiger partial charge in [-0.3, -0.25) is 4.99 Å². The number of halogens is 2. The van der Waals surface area contributed by atoms with Gasteiger partial charge in [-0.1, -0.05) is 18.2 Å². The number of hydrogen-bond acceptors (Lipinski definition) is 3. The molecule has 154 valence electrons. The minimum Gasteiger partial charge on any atom is -0.490 e. The second-order valence-electron chi connectivity index (χ2n) is 6.86. The van der Waals surface area contributed by atoms with Crippen LogP contribution in [0.1, 0.15) is 18.5 Å². The lowest BCUT2D eigenvalue weighted by molar-refractivity contribution is 0.129. The summed E-state index contributed by atoms with van der Waals surface area (Å²) in [6.07, 6.45) is 6.28. The van der Waals surface area contributed by atoms with Crippen molar-refractivity contribution in [2.24, 2.45) is 4.99 Å². The highest BCUT2D eigenvalue weighted by molar-refractivity contribution is 14.0. The number of rotatable bonds is 4. The average molecular weight is 570 g/mol. The van der Waals surface area contributed by atoms with Crippen LogP contribution in [0.4, 0.5) is 0 Å². The molecule has 0 atom stereocenters. The van der Waals surface area contributed by atoms with Crippen LogP contribution in [0.25, 0.3) is 5.65 Å². The van der Waals surface area contributed by atoms with Gasteiger partial charge in [0.15, 0.2) is 5.96 Å². The van der Waals surface area contributed by atoms with E-state index >= 15 is 0 Å². The van der Waals surface area contributed by atoms with Crippen molar-refractivity contribution < 1.29 is 4.74 Å². The van der Waals surface area contributed by atoms with Gasteiger partial charge in [-0.2, -0.15) is 0 Å². The minimum absolute atomic E-state index is 0. The van der Waals surface area contributed by atoms with Crippen molar-refractivity contribution in [2.75, 3.05) is 20.1 Å². The Morgan fingerprint density at radius 3 is 2.66 bits per heavy atom. The molecule has 1 aliphatic rings. The van der Waals surface area contributed by atoms with Crippen molar-refractivity contribution in [3.05, 3.63) is 65.0 Å². The van der Waals surface area contributed by atoms with Gasteiger partial charge in [-0.15, -0.1) is 24.0 Å². The summed E-state index contributed by atoms with van der Waals surface area (Å²) < 4.78 is 9.15. The van der Waals surface area contributed by atoms with Crippen molar-refractivity contribution in [3.8, 4) is 5.75 Å². The first-order valence-electron chi connectivity index (χ1n) is 9.52. The van der Waals surface area contributed by atoms with Crippen LogP contribution < -0.4 is 10.1 Å². The van der Waals surface area contributed by atoms with Gasteiger partial charge in [0, 0.05) is 49.8 Å². The molecule has 6 nitrogen and oxygen atoms in total. The van der Waals surface area contributed by atoms with Gasteiger partial charge in [0.05, 0.1) is 12.2 Å². The van der Waals surface area contributed by atoms with Crippen LogP contribution in [0.3, 0.4) is 0 Å². The monoisotopic (exact) mass is 569 g/mol. The van der Waals surface area contributed by atoms with Gasteiger partial charge in [0.25, 0.3) is 0 Å². The van der Waals surface area contributed by atoms with Crippen LogP contribution >= 0.6 is 39.9 Å². The van der Waals surface area contributed by atoms with Crippen LogP contribution in [0.15, 0.2) is 64.3 Å². The Kier molecular flexibility index (Phi) is 7.77. The normalized spacial score (nSPS) is 15.2. The highest BCUT2D eigenvalue weighted by Gasteiger charge is 2.22. The number of aliphatic imine (C=N–C) groups is 1. The smallest absolute Gasteiger partial charge is 0.193 e. The molecule has 1 aromatic carbocycles. The van der Waals surface area contributed by atoms with E-state index in [1.165, 1.54) is 0 Å². The zero-order chi connectivity index (χ0) is 19.3. The van der Waals surface area contributed by atoms with E-state index < -0.39 is 0 Å². The summed E-state index contributed by atoms with van der Waals surface area (Å²) in [6, 6.07) is 14.1. The number of imidazole rings is 1. The molecule has 1 N–H and O–H groups in total. The van der Waals surface area contributed by atoms with Gasteiger partial charge < -0.3 is 19.4 Å². The van der Waals surface area contributed by atoms with E-state index in [1.807, 2.05) is 66.3 Å². The first-order chi connectivity index (χ1) is 13.7. The molecule has 29 heavy (non-hydrogen) atoms. The fourth-order valence-electron chi connectivity index (χ4n) is 3.48. The number of ether oxygens (including phenoxy) is 1. The number of likely N-dealkylation sites (tertiary alicyclic amines) is 1. The number of nitrogens with zero attached hydrogens (tertiary/aromatic N) is 4. The largest absolute Gasteiger partial charge is 0.490 e. The Balaban J connectivity index is 0.00000240. The third kappa shape index (κ3) is 5.63. The summed E-state index contributed by atoms with van der Waals surface area (Å²) in [6.45, 7) is 2.50. The van der Waals surface area contributed by atoms with E-state index in [0.717, 1.165) is 53.5 Å². The number of guanidine groups is 1. The molecular formula is C21H25BrIN5O. The molecule has 4 rings (SSSR count). The van der Waals surface area contributed by atoms with Gasteiger partial charge in [0.2, 0.25) is 0 Å². The van der Waals surface area contributed by atoms with Crippen molar-refractivity contribution in [1.29, 1.82) is 0 Å². The van der Waals surface area contributed by atoms with Crippen molar-refractivity contribution in [2.45, 2.75) is 25.5 Å². The number of fused-ring (bicyclic) bond motifs is 1. The Bertz CT molecular complexity index is 954. The molecule has 0 spiro atoms. The number of benzene rings is 1. The Morgan fingerprint density at radius 2 is 1.93 bits per heavy atom. The molecule has 8 heteroatoms. The zero-order valence-corrected chi connectivity index (χ0v) is 20.2. The maximum atomic E-state index is 6.09. The fourth-order valence-corrected chi connectivity index (χ4v) is 3.83. The molecule has 0 aliphatic carbocycles. The standard InChI is InChI=1S/C21H24BrN5O.HI/c1-23-21(24-13-17-15-27-14-16(22)7-8-20(27)25-17)26-11-9-19(10-12-26)28-18-5-3-2-4-6-18;/h2-8,14-15,19H,9-13H2,1H3,(H,23,24);1H. The third-order valence-electron chi connectivity index (χ3n) is 4.89. The molecule has 0 unspecified atom stereocenters. The molecule has 2 aromatic heterocycles. The Labute approximate surface area is 196 Å². The zero-order valence-electron chi connectivity index (χ0n) is 16.3. The lowest BCUT2D eigenvalue weighted by Gasteiger charge is -2.34. The number of nitrogens with one attached hydrogen (secondary N) is 1. The predicted molar refractivity (Wildman–Crippen MR) is 130 cm³/mol. The summed E-state index contributed by atoms with van der Waals surface area (Å²) in [4.78, 5) is 11.4. The predicted octanol–water partition coefficient (Wildman–Crippen LogP) is 4.33. The van der Waals surface area contributed by atoms with E-state index in [1.54, 1.807) is 0 Å². The number of hydrogen-bond donors (Lipinski definition) is 1. The Hall–Kier alpha value is -1.81. The SMILES string of the molecule is CN=C(NCc1cn2cc(Br)ccc2n1)N1CCC(Oc2ccccc2)CC1.I. The number of pyridine rings is 1. The van der Waals surface area contributed by atoms with Gasteiger partial charge in [0.1, 0.15) is 17.5 Å². The summed E-state index contributed by atoms with van der Waals surface area (Å²) >= 11 is 3.49. The van der Waals surface area contributed by atoms with Crippen molar-refractivity contribution >= 4 is 51.5 Å². The van der Waals surface area contributed by atoms with Crippen LogP contribution in [-0.2, 0) is 6.54 Å². The maximum Gasteiger partial charge on any atom is 0.193 e. The molecule has 0 bridgehead atoms. The lowest BCUT2D eigenvalue weighted by Crippen LogP contribution is -2.47. The fraction of sp³-hybridized carbons (Fsp3) is 0.333. The van der Waals surface area contributed by atoms with E-state index in [-0.39, 0.29) is 30.1 Å². The van der Waals surface area contributed by atoms with E-state index in [0.29, 0.717) is 6.54 Å². The molecule has 1 saturated heterocycles. The summed E-state index contributed by atoms with van der Waals surface area (Å²) in [7, 11) is 1.83. The second-order valence-corrected chi connectivity index (χ2v) is 7.78. The number of para-hydroxylation sites is 1. The average Bonchev–Trinajstić information content (AvgIpc) is 3.12. The minimum atomic E-state index is 0. The second kappa shape index (κ2) is 10.3. The van der Waals surface area contributed by atoms with Crippen LogP contribution in [-0.4, -0.2) is 46.5 Å². The summed E-state index contributed by atoms with van der Waals surface area (Å²) in [5.74, 6) is 1.86. The molecular weight excluding hydrogens is 545 g/mol. The lowest BCUT2D eigenvalue weighted by atomic mass is 10.1. The van der Waals surface area contributed by atoms with E-state index in [2.05, 4.69) is 36.1 Å². The summed E-state index contributed by atoms with van der Waals surface area (Å²) in [5, 5.41) is 3.44. The quantitative estimate of drug-likeness (QED) is 0.289. The van der Waals surface area contributed by atoms with E-state index in [4.69, 9.17) is 4.74 Å². The van der Waals surface area contributed by atoms with Gasteiger partial charge in [-0.25, -0.2) is 4.98 Å². The van der Waals surface area contributed by atoms with Crippen molar-refractivity contribution in [3.63, 3.8) is 0 Å². The van der Waals surface area contributed by atoms with E-state index in [9.17, 15) is 0 Å². The maximum absolute atomic E-state index is 6.09. The molecule has 1 fully saturated rings. The Morgan fingerprint density at radius 1 is 1.17 bits per heavy atom.